The van der Waals surface area contributed by atoms with E-state index in [0.29, 0.717) is 0 Å². The number of hydrogen-bond acceptors (Lipinski definition) is 5. The Labute approximate surface area is 132 Å². The summed E-state index contributed by atoms with van der Waals surface area (Å²) in [5.41, 5.74) is 16.3. The average Bonchev–Trinajstić information content (AvgIpc) is 2.49. The van der Waals surface area contributed by atoms with Crippen molar-refractivity contribution >= 4 is 28.4 Å². The molecule has 2 rings (SSSR count). The Morgan fingerprint density at radius 1 is 0.909 bits per heavy atom. The molecule has 5 N–H and O–H groups in total. The summed E-state index contributed by atoms with van der Waals surface area (Å²) in [6.07, 6.45) is 0. The van der Waals surface area contributed by atoms with Crippen molar-refractivity contribution in [2.75, 3.05) is 55.9 Å². The Hall–Kier alpha value is -2.40. The van der Waals surface area contributed by atoms with Gasteiger partial charge in [-0.15, -0.1) is 0 Å². The first-order valence-corrected chi connectivity index (χ1v) is 7.33. The molecule has 22 heavy (non-hydrogen) atoms. The summed E-state index contributed by atoms with van der Waals surface area (Å²) in [5.74, 6) is 0. The van der Waals surface area contributed by atoms with Crippen LogP contribution in [0.25, 0.3) is 0 Å². The molecular formula is C17H25N5. The smallest absolute Gasteiger partial charge is 0.0638 e. The zero-order valence-electron chi connectivity index (χ0n) is 13.5. The van der Waals surface area contributed by atoms with Crippen molar-refractivity contribution in [3.05, 3.63) is 42.5 Å². The minimum absolute atomic E-state index is 0.724. The third-order valence-electron chi connectivity index (χ3n) is 3.55. The van der Waals surface area contributed by atoms with E-state index in [1.165, 1.54) is 0 Å². The molecule has 0 aliphatic rings. The Kier molecular flexibility index (Phi) is 5.12. The molecule has 0 atom stereocenters. The van der Waals surface area contributed by atoms with E-state index in [-0.39, 0.29) is 0 Å². The van der Waals surface area contributed by atoms with Gasteiger partial charge in [-0.25, -0.2) is 0 Å². The predicted molar refractivity (Wildman–Crippen MR) is 96.8 cm³/mol. The number of nitrogen functional groups attached to an aromatic ring is 2. The molecule has 0 saturated carbocycles. The molecule has 5 heteroatoms. The lowest BCUT2D eigenvalue weighted by Gasteiger charge is -2.23. The van der Waals surface area contributed by atoms with Gasteiger partial charge in [0.25, 0.3) is 0 Å². The van der Waals surface area contributed by atoms with Crippen molar-refractivity contribution in [3.63, 3.8) is 0 Å². The summed E-state index contributed by atoms with van der Waals surface area (Å²) in [6, 6.07) is 13.7. The van der Waals surface area contributed by atoms with Crippen LogP contribution in [0.4, 0.5) is 28.4 Å². The van der Waals surface area contributed by atoms with Crippen LogP contribution in [0.2, 0.25) is 0 Å². The number of rotatable bonds is 6. The fraction of sp³-hybridized carbons (Fsp3) is 0.294. The summed E-state index contributed by atoms with van der Waals surface area (Å²) < 4.78 is 0. The van der Waals surface area contributed by atoms with Crippen LogP contribution in [0, 0.1) is 0 Å². The minimum Gasteiger partial charge on any atom is -0.399 e. The summed E-state index contributed by atoms with van der Waals surface area (Å²) in [5, 5.41) is 3.34. The second-order valence-corrected chi connectivity index (χ2v) is 5.74. The van der Waals surface area contributed by atoms with Gasteiger partial charge in [0, 0.05) is 37.2 Å². The highest BCUT2D eigenvalue weighted by Crippen LogP contribution is 2.28. The highest BCUT2D eigenvalue weighted by atomic mass is 15.2. The summed E-state index contributed by atoms with van der Waals surface area (Å²) in [6.45, 7) is 1.96. The lowest BCUT2D eigenvalue weighted by Crippen LogP contribution is -2.28. The van der Waals surface area contributed by atoms with E-state index in [2.05, 4.69) is 42.3 Å². The van der Waals surface area contributed by atoms with Gasteiger partial charge in [0.05, 0.1) is 11.4 Å². The van der Waals surface area contributed by atoms with Crippen molar-refractivity contribution < 1.29 is 0 Å². The van der Waals surface area contributed by atoms with Gasteiger partial charge in [-0.05, 0) is 56.6 Å². The van der Waals surface area contributed by atoms with Gasteiger partial charge in [-0.1, -0.05) is 0 Å². The van der Waals surface area contributed by atoms with Crippen molar-refractivity contribution in [3.8, 4) is 0 Å². The lowest BCUT2D eigenvalue weighted by atomic mass is 10.2. The summed E-state index contributed by atoms with van der Waals surface area (Å²) in [7, 11) is 6.23. The van der Waals surface area contributed by atoms with Gasteiger partial charge < -0.3 is 26.6 Å². The number of hydrogen-bond donors (Lipinski definition) is 3. The molecule has 0 bridgehead atoms. The Balaban J connectivity index is 2.14. The number of likely N-dealkylation sites (N-methyl/N-ethyl adjacent to an activating group) is 2. The number of anilines is 5. The summed E-state index contributed by atoms with van der Waals surface area (Å²) >= 11 is 0. The fourth-order valence-electron chi connectivity index (χ4n) is 2.09. The number of nitrogens with one attached hydrogen (secondary N) is 1. The van der Waals surface area contributed by atoms with Crippen molar-refractivity contribution in [2.24, 2.45) is 0 Å². The number of nitrogens with zero attached hydrogens (tertiary/aromatic N) is 2. The lowest BCUT2D eigenvalue weighted by molar-refractivity contribution is 0.416. The number of benzene rings is 2. The van der Waals surface area contributed by atoms with Crippen molar-refractivity contribution in [2.45, 2.75) is 0 Å². The Bertz CT molecular complexity index is 607. The second-order valence-electron chi connectivity index (χ2n) is 5.74. The van der Waals surface area contributed by atoms with Gasteiger partial charge in [0.15, 0.2) is 0 Å². The Morgan fingerprint density at radius 3 is 2.23 bits per heavy atom. The monoisotopic (exact) mass is 299 g/mol. The maximum atomic E-state index is 6.08. The molecule has 0 aliphatic heterocycles. The quantitative estimate of drug-likeness (QED) is 0.715. The molecule has 0 spiro atoms. The van der Waals surface area contributed by atoms with Crippen LogP contribution in [-0.4, -0.2) is 39.1 Å². The third kappa shape index (κ3) is 4.30. The van der Waals surface area contributed by atoms with Crippen LogP contribution >= 0.6 is 0 Å². The van der Waals surface area contributed by atoms with E-state index in [9.17, 15) is 0 Å². The fourth-order valence-corrected chi connectivity index (χ4v) is 2.09. The van der Waals surface area contributed by atoms with Gasteiger partial charge in [-0.2, -0.15) is 0 Å². The zero-order chi connectivity index (χ0) is 16.1. The molecule has 2 aromatic rings. The molecule has 2 aromatic carbocycles. The van der Waals surface area contributed by atoms with Gasteiger partial charge in [-0.3, -0.25) is 0 Å². The van der Waals surface area contributed by atoms with E-state index in [1.54, 1.807) is 0 Å². The molecule has 0 aromatic heterocycles. The zero-order valence-corrected chi connectivity index (χ0v) is 13.5. The summed E-state index contributed by atoms with van der Waals surface area (Å²) in [4.78, 5) is 4.38. The molecular weight excluding hydrogens is 274 g/mol. The van der Waals surface area contributed by atoms with Gasteiger partial charge in [0.1, 0.15) is 0 Å². The first-order chi connectivity index (χ1) is 10.5. The molecule has 0 aliphatic carbocycles. The van der Waals surface area contributed by atoms with E-state index in [4.69, 9.17) is 11.5 Å². The standard InChI is InChI=1S/C17H25N5/c1-21(2)10-11-22(3)15-8-9-16(19)17(12-15)20-14-6-4-13(18)5-7-14/h4-9,12,20H,10-11,18-19H2,1-3H3. The molecule has 0 unspecified atom stereocenters. The maximum absolute atomic E-state index is 6.08. The minimum atomic E-state index is 0.724. The van der Waals surface area contributed by atoms with Crippen LogP contribution in [0.1, 0.15) is 0 Å². The molecule has 5 nitrogen and oxygen atoms in total. The first-order valence-electron chi connectivity index (χ1n) is 7.33. The van der Waals surface area contributed by atoms with Crippen LogP contribution in [-0.2, 0) is 0 Å². The normalized spacial score (nSPS) is 10.7. The highest BCUT2D eigenvalue weighted by molar-refractivity contribution is 5.77. The molecule has 118 valence electrons. The van der Waals surface area contributed by atoms with Crippen LogP contribution < -0.4 is 21.7 Å². The molecule has 0 heterocycles. The first kappa shape index (κ1) is 16.0. The van der Waals surface area contributed by atoms with Crippen LogP contribution in [0.15, 0.2) is 42.5 Å². The van der Waals surface area contributed by atoms with Gasteiger partial charge >= 0.3 is 0 Å². The highest BCUT2D eigenvalue weighted by Gasteiger charge is 2.06. The molecule has 0 fully saturated rings. The molecule has 0 amide bonds. The van der Waals surface area contributed by atoms with Crippen LogP contribution in [0.3, 0.4) is 0 Å². The Morgan fingerprint density at radius 2 is 1.59 bits per heavy atom. The molecule has 0 saturated heterocycles. The van der Waals surface area contributed by atoms with Gasteiger partial charge in [0.2, 0.25) is 0 Å². The van der Waals surface area contributed by atoms with E-state index in [0.717, 1.165) is 41.5 Å². The SMILES string of the molecule is CN(C)CCN(C)c1ccc(N)c(Nc2ccc(N)cc2)c1. The topological polar surface area (TPSA) is 70.5 Å². The molecule has 0 radical (unpaired) electrons. The maximum Gasteiger partial charge on any atom is 0.0638 e. The largest absolute Gasteiger partial charge is 0.399 e. The predicted octanol–water partition coefficient (Wildman–Crippen LogP) is 2.59. The van der Waals surface area contributed by atoms with E-state index in [1.807, 2.05) is 36.4 Å². The van der Waals surface area contributed by atoms with E-state index < -0.39 is 0 Å². The van der Waals surface area contributed by atoms with Crippen molar-refractivity contribution in [1.82, 2.24) is 4.90 Å². The average molecular weight is 299 g/mol. The second kappa shape index (κ2) is 7.04. The van der Waals surface area contributed by atoms with Crippen molar-refractivity contribution in [1.29, 1.82) is 0 Å². The van der Waals surface area contributed by atoms with Crippen LogP contribution in [0.5, 0.6) is 0 Å². The van der Waals surface area contributed by atoms with E-state index >= 15 is 0 Å². The third-order valence-corrected chi connectivity index (χ3v) is 3.55. The number of nitrogens with two attached hydrogens (primary N) is 2.